The van der Waals surface area contributed by atoms with E-state index in [0.29, 0.717) is 35.5 Å². The summed E-state index contributed by atoms with van der Waals surface area (Å²) in [5.41, 5.74) is 0.832. The van der Waals surface area contributed by atoms with E-state index in [4.69, 9.17) is 32.7 Å². The first-order valence-electron chi connectivity index (χ1n) is 8.21. The molecule has 0 N–H and O–H groups in total. The summed E-state index contributed by atoms with van der Waals surface area (Å²) in [5.74, 6) is -0.0638. The van der Waals surface area contributed by atoms with Gasteiger partial charge < -0.3 is 14.4 Å². The Balaban J connectivity index is 1.65. The molecule has 4 nitrogen and oxygen atoms in total. The minimum Gasteiger partial charge on any atom is -0.479 e. The third-order valence-corrected chi connectivity index (χ3v) is 4.70. The molecule has 1 amide bonds. The smallest absolute Gasteiger partial charge is 0.263 e. The lowest BCUT2D eigenvalue weighted by molar-refractivity contribution is -0.145. The van der Waals surface area contributed by atoms with Crippen molar-refractivity contribution in [3.8, 4) is 5.75 Å². The summed E-state index contributed by atoms with van der Waals surface area (Å²) in [6, 6.07) is 11.0. The van der Waals surface area contributed by atoms with Gasteiger partial charge in [0.05, 0.1) is 18.2 Å². The Hall–Kier alpha value is -1.82. The predicted octanol–water partition coefficient (Wildman–Crippen LogP) is 4.50. The van der Waals surface area contributed by atoms with Gasteiger partial charge in [-0.05, 0) is 42.8 Å². The molecule has 26 heavy (non-hydrogen) atoms. The van der Waals surface area contributed by atoms with Crippen LogP contribution in [0.15, 0.2) is 42.5 Å². The van der Waals surface area contributed by atoms with E-state index < -0.39 is 6.10 Å². The zero-order valence-corrected chi connectivity index (χ0v) is 15.6. The summed E-state index contributed by atoms with van der Waals surface area (Å²) in [4.78, 5) is 14.4. The van der Waals surface area contributed by atoms with Crippen molar-refractivity contribution in [1.82, 2.24) is 4.90 Å². The van der Waals surface area contributed by atoms with Crippen molar-refractivity contribution in [2.45, 2.75) is 19.1 Å². The molecule has 0 saturated carbocycles. The number of ether oxygens (including phenoxy) is 2. The van der Waals surface area contributed by atoms with Gasteiger partial charge in [0, 0.05) is 11.6 Å². The van der Waals surface area contributed by atoms with E-state index in [1.54, 1.807) is 42.2 Å². The van der Waals surface area contributed by atoms with Gasteiger partial charge in [0.15, 0.2) is 6.10 Å². The zero-order valence-electron chi connectivity index (χ0n) is 14.1. The van der Waals surface area contributed by atoms with Gasteiger partial charge >= 0.3 is 0 Å². The van der Waals surface area contributed by atoms with E-state index in [1.165, 1.54) is 12.1 Å². The molecule has 138 valence electrons. The molecule has 0 aromatic heterocycles. The second kappa shape index (κ2) is 8.25. The van der Waals surface area contributed by atoms with Crippen LogP contribution >= 0.6 is 23.2 Å². The minimum atomic E-state index is -0.708. The van der Waals surface area contributed by atoms with Crippen LogP contribution in [-0.4, -0.2) is 36.6 Å². The summed E-state index contributed by atoms with van der Waals surface area (Å²) < 4.78 is 24.5. The highest BCUT2D eigenvalue weighted by Gasteiger charge is 2.29. The number of rotatable bonds is 4. The fourth-order valence-corrected chi connectivity index (χ4v) is 3.25. The summed E-state index contributed by atoms with van der Waals surface area (Å²) in [6.07, 6.45) is -1.000. The maximum atomic E-state index is 13.1. The van der Waals surface area contributed by atoms with Crippen LogP contribution in [0.1, 0.15) is 18.6 Å². The van der Waals surface area contributed by atoms with E-state index >= 15 is 0 Å². The number of carbonyl (C=O) groups excluding carboxylic acids is 1. The van der Waals surface area contributed by atoms with Gasteiger partial charge in [0.2, 0.25) is 0 Å². The molecular formula is C19H18Cl2FNO3. The molecule has 0 radical (unpaired) electrons. The number of carbonyl (C=O) groups is 1. The summed E-state index contributed by atoms with van der Waals surface area (Å²) in [7, 11) is 0. The number of hydrogen-bond acceptors (Lipinski definition) is 3. The van der Waals surface area contributed by atoms with Crippen molar-refractivity contribution in [3.05, 3.63) is 63.9 Å². The van der Waals surface area contributed by atoms with Crippen molar-refractivity contribution in [2.24, 2.45) is 0 Å². The SMILES string of the molecule is CC(Oc1ccc(Cl)cc1Cl)C(=O)N1CCOC(c2ccc(F)cc2)C1. The quantitative estimate of drug-likeness (QED) is 0.762. The van der Waals surface area contributed by atoms with Gasteiger partial charge in [-0.3, -0.25) is 4.79 Å². The normalized spacial score (nSPS) is 18.5. The Morgan fingerprint density at radius 1 is 1.27 bits per heavy atom. The number of halogens is 3. The average molecular weight is 398 g/mol. The van der Waals surface area contributed by atoms with Gasteiger partial charge in [0.25, 0.3) is 5.91 Å². The molecule has 2 aromatic carbocycles. The Bertz CT molecular complexity index is 785. The number of hydrogen-bond donors (Lipinski definition) is 0. The molecule has 1 saturated heterocycles. The van der Waals surface area contributed by atoms with Crippen LogP contribution in [0.25, 0.3) is 0 Å². The number of nitrogens with zero attached hydrogens (tertiary/aromatic N) is 1. The van der Waals surface area contributed by atoms with E-state index in [2.05, 4.69) is 0 Å². The molecule has 1 aliphatic heterocycles. The van der Waals surface area contributed by atoms with Crippen molar-refractivity contribution >= 4 is 29.1 Å². The first kappa shape index (κ1) is 19.0. The first-order chi connectivity index (χ1) is 12.4. The number of amides is 1. The van der Waals surface area contributed by atoms with Crippen molar-refractivity contribution in [1.29, 1.82) is 0 Å². The van der Waals surface area contributed by atoms with Crippen LogP contribution in [0.2, 0.25) is 10.0 Å². The maximum Gasteiger partial charge on any atom is 0.263 e. The number of morpholine rings is 1. The van der Waals surface area contributed by atoms with Crippen molar-refractivity contribution in [2.75, 3.05) is 19.7 Å². The fourth-order valence-electron chi connectivity index (χ4n) is 2.80. The highest BCUT2D eigenvalue weighted by molar-refractivity contribution is 6.35. The van der Waals surface area contributed by atoms with E-state index in [0.717, 1.165) is 5.56 Å². The molecule has 2 atom stereocenters. The maximum absolute atomic E-state index is 13.1. The van der Waals surface area contributed by atoms with Crippen LogP contribution < -0.4 is 4.74 Å². The Morgan fingerprint density at radius 3 is 2.69 bits per heavy atom. The van der Waals surface area contributed by atoms with Crippen LogP contribution in [-0.2, 0) is 9.53 Å². The molecule has 0 spiro atoms. The monoisotopic (exact) mass is 397 g/mol. The Labute approximate surface area is 161 Å². The topological polar surface area (TPSA) is 38.8 Å². The summed E-state index contributed by atoms with van der Waals surface area (Å²) in [5, 5.41) is 0.847. The van der Waals surface area contributed by atoms with E-state index in [1.807, 2.05) is 0 Å². The highest BCUT2D eigenvalue weighted by atomic mass is 35.5. The summed E-state index contributed by atoms with van der Waals surface area (Å²) >= 11 is 12.0. The molecule has 0 aliphatic carbocycles. The molecule has 0 bridgehead atoms. The molecule has 2 aromatic rings. The number of benzene rings is 2. The summed E-state index contributed by atoms with van der Waals surface area (Å²) in [6.45, 7) is 2.93. The van der Waals surface area contributed by atoms with Crippen LogP contribution in [0.3, 0.4) is 0 Å². The molecule has 1 fully saturated rings. The largest absolute Gasteiger partial charge is 0.479 e. The molecule has 2 unspecified atom stereocenters. The molecule has 3 rings (SSSR count). The van der Waals surface area contributed by atoms with Gasteiger partial charge in [0.1, 0.15) is 17.7 Å². The Kier molecular flexibility index (Phi) is 6.01. The van der Waals surface area contributed by atoms with Gasteiger partial charge in [-0.2, -0.15) is 0 Å². The molecule has 7 heteroatoms. The lowest BCUT2D eigenvalue weighted by Gasteiger charge is -2.34. The third-order valence-electron chi connectivity index (χ3n) is 4.17. The highest BCUT2D eigenvalue weighted by Crippen LogP contribution is 2.29. The van der Waals surface area contributed by atoms with E-state index in [-0.39, 0.29) is 17.8 Å². The van der Waals surface area contributed by atoms with Gasteiger partial charge in [-0.1, -0.05) is 35.3 Å². The average Bonchev–Trinajstić information content (AvgIpc) is 2.64. The van der Waals surface area contributed by atoms with Gasteiger partial charge in [-0.25, -0.2) is 4.39 Å². The minimum absolute atomic E-state index is 0.161. The lowest BCUT2D eigenvalue weighted by Crippen LogP contribution is -2.47. The Morgan fingerprint density at radius 2 is 2.00 bits per heavy atom. The second-order valence-corrected chi connectivity index (χ2v) is 6.87. The molecule has 1 heterocycles. The lowest BCUT2D eigenvalue weighted by atomic mass is 10.1. The van der Waals surface area contributed by atoms with Crippen molar-refractivity contribution < 1.29 is 18.7 Å². The van der Waals surface area contributed by atoms with Gasteiger partial charge in [-0.15, -0.1) is 0 Å². The fraction of sp³-hybridized carbons (Fsp3) is 0.316. The predicted molar refractivity (Wildman–Crippen MR) is 98.2 cm³/mol. The van der Waals surface area contributed by atoms with Crippen LogP contribution in [0.5, 0.6) is 5.75 Å². The van der Waals surface area contributed by atoms with Crippen LogP contribution in [0, 0.1) is 5.82 Å². The zero-order chi connectivity index (χ0) is 18.7. The third kappa shape index (κ3) is 4.47. The first-order valence-corrected chi connectivity index (χ1v) is 8.97. The molecule has 1 aliphatic rings. The van der Waals surface area contributed by atoms with Crippen LogP contribution in [0.4, 0.5) is 4.39 Å². The standard InChI is InChI=1S/C19H18Cl2FNO3/c1-12(26-17-7-4-14(20)10-16(17)21)19(24)23-8-9-25-18(11-23)13-2-5-15(22)6-3-13/h2-7,10,12,18H,8-9,11H2,1H3. The second-order valence-electron chi connectivity index (χ2n) is 6.03. The molecular weight excluding hydrogens is 380 g/mol. The van der Waals surface area contributed by atoms with Crippen molar-refractivity contribution in [3.63, 3.8) is 0 Å². The van der Waals surface area contributed by atoms with E-state index in [9.17, 15) is 9.18 Å².